The first-order chi connectivity index (χ1) is 15.1. The summed E-state index contributed by atoms with van der Waals surface area (Å²) in [4.78, 5) is 39.3. The number of hydrogen-bond donors (Lipinski definition) is 2. The van der Waals surface area contributed by atoms with E-state index in [0.717, 1.165) is 24.2 Å². The number of ether oxygens (including phenoxy) is 1. The van der Waals surface area contributed by atoms with Crippen LogP contribution >= 0.6 is 0 Å². The lowest BCUT2D eigenvalue weighted by Gasteiger charge is -2.29. The van der Waals surface area contributed by atoms with Crippen LogP contribution in [0, 0.1) is 24.8 Å². The highest BCUT2D eigenvalue weighted by Crippen LogP contribution is 2.25. The van der Waals surface area contributed by atoms with E-state index in [1.54, 1.807) is 45.0 Å². The molecule has 0 aliphatic heterocycles. The summed E-state index contributed by atoms with van der Waals surface area (Å²) in [5.74, 6) is 1.45. The molecule has 2 atom stereocenters. The van der Waals surface area contributed by atoms with Crippen LogP contribution in [0.3, 0.4) is 0 Å². The van der Waals surface area contributed by atoms with Gasteiger partial charge in [-0.25, -0.2) is 4.79 Å². The summed E-state index contributed by atoms with van der Waals surface area (Å²) in [6.07, 6.45) is 13.3. The maximum atomic E-state index is 13.2. The molecule has 1 aromatic rings. The van der Waals surface area contributed by atoms with Gasteiger partial charge in [-0.1, -0.05) is 50.3 Å². The van der Waals surface area contributed by atoms with Gasteiger partial charge in [-0.15, -0.1) is 6.42 Å². The third-order valence-electron chi connectivity index (χ3n) is 4.48. The molecule has 1 aromatic carbocycles. The molecule has 0 aliphatic rings. The van der Waals surface area contributed by atoms with Crippen molar-refractivity contribution in [3.05, 3.63) is 35.4 Å². The van der Waals surface area contributed by atoms with Crippen LogP contribution in [0.1, 0.15) is 71.0 Å². The lowest BCUT2D eigenvalue weighted by Crippen LogP contribution is -2.50. The maximum absolute atomic E-state index is 13.2. The van der Waals surface area contributed by atoms with Crippen molar-refractivity contribution < 1.29 is 19.1 Å². The Morgan fingerprint density at radius 3 is 2.38 bits per heavy atom. The molecule has 0 spiro atoms. The molecule has 0 radical (unpaired) electrons. The Labute approximate surface area is 191 Å². The molecular formula is C25H33N3O4. The first-order valence-corrected chi connectivity index (χ1v) is 10.7. The predicted octanol–water partition coefficient (Wildman–Crippen LogP) is 3.35. The minimum absolute atomic E-state index is 0.429. The van der Waals surface area contributed by atoms with Crippen LogP contribution < -0.4 is 10.6 Å². The lowest BCUT2D eigenvalue weighted by molar-refractivity contribution is -0.138. The molecule has 2 unspecified atom stereocenters. The number of terminal acetylenes is 2. The number of alkyl carbamates (subject to hydrolysis) is 1. The fourth-order valence-electron chi connectivity index (χ4n) is 2.97. The minimum Gasteiger partial charge on any atom is -0.444 e. The standard InChI is InChI=1S/C25H33N3O4/c1-8-11-14-17-26-22(29)21(20-16-13-12-15-19(20)9-2)28(10-3)23(30)18(4)27-24(31)32-25(5,6)7/h2-3,12-13,15-16,18,21H,8,11,14,17H2,1,4-7H3,(H,26,29)(H,27,31). The molecule has 7 nitrogen and oxygen atoms in total. The highest BCUT2D eigenvalue weighted by atomic mass is 16.6. The monoisotopic (exact) mass is 439 g/mol. The number of rotatable bonds is 9. The number of carbonyl (C=O) groups is 3. The number of unbranched alkanes of at least 4 members (excludes halogenated alkanes) is 2. The summed E-state index contributed by atoms with van der Waals surface area (Å²) in [7, 11) is 0. The minimum atomic E-state index is -1.15. The van der Waals surface area contributed by atoms with Crippen LogP contribution in [-0.4, -0.2) is 41.0 Å². The molecule has 3 amide bonds. The van der Waals surface area contributed by atoms with Gasteiger partial charge in [-0.2, -0.15) is 0 Å². The van der Waals surface area contributed by atoms with E-state index < -0.39 is 35.6 Å². The molecule has 0 aromatic heterocycles. The topological polar surface area (TPSA) is 87.7 Å². The highest BCUT2D eigenvalue weighted by Gasteiger charge is 2.35. The SMILES string of the molecule is C#Cc1ccccc1C(C(=O)NCCCCC)N(C#C)C(=O)C(C)NC(=O)OC(C)(C)C. The van der Waals surface area contributed by atoms with Gasteiger partial charge in [0.25, 0.3) is 5.91 Å². The molecule has 0 aliphatic carbocycles. The van der Waals surface area contributed by atoms with Crippen molar-refractivity contribution in [2.75, 3.05) is 6.54 Å². The average molecular weight is 440 g/mol. The summed E-state index contributed by atoms with van der Waals surface area (Å²) < 4.78 is 5.20. The zero-order valence-electron chi connectivity index (χ0n) is 19.5. The van der Waals surface area contributed by atoms with Crippen molar-refractivity contribution in [1.82, 2.24) is 15.5 Å². The van der Waals surface area contributed by atoms with E-state index in [1.165, 1.54) is 6.92 Å². The highest BCUT2D eigenvalue weighted by molar-refractivity contribution is 5.93. The van der Waals surface area contributed by atoms with Gasteiger partial charge in [0.2, 0.25) is 5.91 Å². The van der Waals surface area contributed by atoms with E-state index >= 15 is 0 Å². The van der Waals surface area contributed by atoms with Crippen molar-refractivity contribution in [3.8, 4) is 24.8 Å². The second-order valence-corrected chi connectivity index (χ2v) is 8.34. The third kappa shape index (κ3) is 8.00. The fraction of sp³-hybridized carbons (Fsp3) is 0.480. The smallest absolute Gasteiger partial charge is 0.408 e. The summed E-state index contributed by atoms with van der Waals surface area (Å²) in [6.45, 7) is 9.11. The van der Waals surface area contributed by atoms with E-state index in [-0.39, 0.29) is 0 Å². The van der Waals surface area contributed by atoms with Crippen molar-refractivity contribution >= 4 is 17.9 Å². The second kappa shape index (κ2) is 12.4. The Kier molecular flexibility index (Phi) is 10.3. The Hall–Kier alpha value is -3.45. The number of nitrogens with zero attached hydrogens (tertiary/aromatic N) is 1. The Morgan fingerprint density at radius 2 is 1.81 bits per heavy atom. The molecule has 2 N–H and O–H groups in total. The molecule has 0 saturated carbocycles. The molecule has 0 fully saturated rings. The fourth-order valence-corrected chi connectivity index (χ4v) is 2.97. The first kappa shape index (κ1) is 26.6. The van der Waals surface area contributed by atoms with Gasteiger partial charge >= 0.3 is 6.09 Å². The van der Waals surface area contributed by atoms with Gasteiger partial charge in [0.1, 0.15) is 17.7 Å². The molecular weight excluding hydrogens is 406 g/mol. The quantitative estimate of drug-likeness (QED) is 0.351. The van der Waals surface area contributed by atoms with E-state index in [2.05, 4.69) is 29.5 Å². The van der Waals surface area contributed by atoms with Crippen LogP contribution in [0.5, 0.6) is 0 Å². The molecule has 0 bridgehead atoms. The largest absolute Gasteiger partial charge is 0.444 e. The van der Waals surface area contributed by atoms with Crippen LogP contribution in [0.25, 0.3) is 0 Å². The molecule has 1 rings (SSSR count). The van der Waals surface area contributed by atoms with E-state index in [0.29, 0.717) is 17.7 Å². The molecule has 172 valence electrons. The van der Waals surface area contributed by atoms with E-state index in [4.69, 9.17) is 17.6 Å². The zero-order valence-corrected chi connectivity index (χ0v) is 19.5. The van der Waals surface area contributed by atoms with E-state index in [1.807, 2.05) is 0 Å². The van der Waals surface area contributed by atoms with Gasteiger partial charge in [-0.05, 0) is 40.2 Å². The summed E-state index contributed by atoms with van der Waals surface area (Å²) in [5.41, 5.74) is 0.145. The Morgan fingerprint density at radius 1 is 1.16 bits per heavy atom. The summed E-state index contributed by atoms with van der Waals surface area (Å²) in [6, 6.07) is 6.91. The van der Waals surface area contributed by atoms with Crippen LogP contribution in [-0.2, 0) is 14.3 Å². The summed E-state index contributed by atoms with van der Waals surface area (Å²) in [5, 5.41) is 5.30. The van der Waals surface area contributed by atoms with Crippen LogP contribution in [0.15, 0.2) is 24.3 Å². The third-order valence-corrected chi connectivity index (χ3v) is 4.48. The number of nitrogens with one attached hydrogen (secondary N) is 2. The average Bonchev–Trinajstić information content (AvgIpc) is 2.72. The Balaban J connectivity index is 3.20. The van der Waals surface area contributed by atoms with Crippen LogP contribution in [0.2, 0.25) is 0 Å². The normalized spacial score (nSPS) is 12.5. The van der Waals surface area contributed by atoms with Crippen LogP contribution in [0.4, 0.5) is 4.79 Å². The first-order valence-electron chi connectivity index (χ1n) is 10.7. The van der Waals surface area contributed by atoms with Crippen molar-refractivity contribution in [3.63, 3.8) is 0 Å². The second-order valence-electron chi connectivity index (χ2n) is 8.34. The van der Waals surface area contributed by atoms with Crippen molar-refractivity contribution in [2.24, 2.45) is 0 Å². The van der Waals surface area contributed by atoms with Gasteiger partial charge in [0.05, 0.1) is 0 Å². The predicted molar refractivity (Wildman–Crippen MR) is 124 cm³/mol. The number of carbonyl (C=O) groups excluding carboxylic acids is 3. The number of hydrogen-bond acceptors (Lipinski definition) is 4. The van der Waals surface area contributed by atoms with Gasteiger partial charge < -0.3 is 15.4 Å². The van der Waals surface area contributed by atoms with Gasteiger partial charge in [0, 0.05) is 23.7 Å². The summed E-state index contributed by atoms with van der Waals surface area (Å²) >= 11 is 0. The molecule has 0 heterocycles. The van der Waals surface area contributed by atoms with Crippen molar-refractivity contribution in [2.45, 2.75) is 71.6 Å². The Bertz CT molecular complexity index is 890. The molecule has 0 saturated heterocycles. The number of benzene rings is 1. The maximum Gasteiger partial charge on any atom is 0.408 e. The zero-order chi connectivity index (χ0) is 24.3. The molecule has 7 heteroatoms. The van der Waals surface area contributed by atoms with Crippen molar-refractivity contribution in [1.29, 1.82) is 0 Å². The van der Waals surface area contributed by atoms with E-state index in [9.17, 15) is 14.4 Å². The van der Waals surface area contributed by atoms with Gasteiger partial charge in [-0.3, -0.25) is 14.5 Å². The molecule has 32 heavy (non-hydrogen) atoms. The lowest BCUT2D eigenvalue weighted by atomic mass is 9.98. The number of amides is 3. The van der Waals surface area contributed by atoms with Gasteiger partial charge in [0.15, 0.2) is 0 Å².